The van der Waals surface area contributed by atoms with Gasteiger partial charge in [-0.05, 0) is 49.4 Å². The number of nitrogens with zero attached hydrogens (tertiary/aromatic N) is 6. The molecule has 0 bridgehead atoms. The van der Waals surface area contributed by atoms with Crippen LogP contribution in [0.1, 0.15) is 37.8 Å². The van der Waals surface area contributed by atoms with E-state index in [9.17, 15) is 4.79 Å². The van der Waals surface area contributed by atoms with Crippen LogP contribution >= 0.6 is 0 Å². The predicted octanol–water partition coefficient (Wildman–Crippen LogP) is 4.38. The molecule has 9 heteroatoms. The maximum Gasteiger partial charge on any atom is 0.349 e. The molecule has 180 valence electrons. The van der Waals surface area contributed by atoms with E-state index in [-0.39, 0.29) is 17.8 Å². The molecule has 0 aliphatic carbocycles. The standard InChI is InChI=1S/C26H28N6O3/c1-5-20-10-19(6-7-34-20)32-23-21-9-16(17-11-27-30(3)13-17)8-15(2)24(21)35-25(23)22(29-26(32)33)18-12-28-31(4)14-18/h8-9,11-14,19-20H,5-7,10H2,1-4H3/t19-,20-/m0/s1. The van der Waals surface area contributed by atoms with Gasteiger partial charge in [0.2, 0.25) is 0 Å². The molecule has 4 aromatic heterocycles. The van der Waals surface area contributed by atoms with Crippen LogP contribution in [0.4, 0.5) is 0 Å². The summed E-state index contributed by atoms with van der Waals surface area (Å²) < 4.78 is 17.8. The van der Waals surface area contributed by atoms with Crippen molar-refractivity contribution in [2.75, 3.05) is 6.61 Å². The lowest BCUT2D eigenvalue weighted by Crippen LogP contribution is -2.34. The van der Waals surface area contributed by atoms with Crippen molar-refractivity contribution in [2.24, 2.45) is 14.1 Å². The Morgan fingerprint density at radius 1 is 1.03 bits per heavy atom. The van der Waals surface area contributed by atoms with Crippen molar-refractivity contribution in [1.29, 1.82) is 0 Å². The minimum atomic E-state index is -0.273. The molecular weight excluding hydrogens is 444 g/mol. The van der Waals surface area contributed by atoms with E-state index in [2.05, 4.69) is 34.2 Å². The molecule has 5 heterocycles. The van der Waals surface area contributed by atoms with E-state index in [1.807, 2.05) is 44.2 Å². The second kappa shape index (κ2) is 8.20. The van der Waals surface area contributed by atoms with Crippen LogP contribution < -0.4 is 5.69 Å². The number of fused-ring (bicyclic) bond motifs is 3. The highest BCUT2D eigenvalue weighted by Crippen LogP contribution is 2.39. The van der Waals surface area contributed by atoms with Crippen molar-refractivity contribution in [3.05, 3.63) is 53.0 Å². The SMILES string of the molecule is CC[C@H]1C[C@@H](n2c(=O)nc(-c3cnn(C)c3)c3oc4c(C)cc(-c5cnn(C)c5)cc4c32)CCO1. The van der Waals surface area contributed by atoms with E-state index < -0.39 is 0 Å². The summed E-state index contributed by atoms with van der Waals surface area (Å²) in [6.45, 7) is 4.77. The Kier molecular flexibility index (Phi) is 5.10. The Morgan fingerprint density at radius 3 is 2.46 bits per heavy atom. The quantitative estimate of drug-likeness (QED) is 0.385. The van der Waals surface area contributed by atoms with Crippen molar-refractivity contribution in [2.45, 2.75) is 45.3 Å². The molecule has 1 aromatic carbocycles. The van der Waals surface area contributed by atoms with E-state index in [0.29, 0.717) is 17.9 Å². The van der Waals surface area contributed by atoms with E-state index in [1.165, 1.54) is 0 Å². The van der Waals surface area contributed by atoms with E-state index in [0.717, 1.165) is 58.0 Å². The molecule has 5 aromatic rings. The number of ether oxygens (including phenoxy) is 1. The van der Waals surface area contributed by atoms with Crippen LogP contribution in [-0.4, -0.2) is 41.8 Å². The van der Waals surface area contributed by atoms with Gasteiger partial charge in [-0.15, -0.1) is 0 Å². The van der Waals surface area contributed by atoms with Gasteiger partial charge in [0, 0.05) is 55.7 Å². The van der Waals surface area contributed by atoms with Gasteiger partial charge in [0.25, 0.3) is 0 Å². The first-order valence-corrected chi connectivity index (χ1v) is 12.0. The monoisotopic (exact) mass is 472 g/mol. The molecule has 0 amide bonds. The van der Waals surface area contributed by atoms with Crippen LogP contribution in [0, 0.1) is 6.92 Å². The van der Waals surface area contributed by atoms with Crippen molar-refractivity contribution in [3.63, 3.8) is 0 Å². The summed E-state index contributed by atoms with van der Waals surface area (Å²) >= 11 is 0. The van der Waals surface area contributed by atoms with Gasteiger partial charge < -0.3 is 9.15 Å². The Labute approximate surface area is 201 Å². The highest BCUT2D eigenvalue weighted by Gasteiger charge is 2.29. The van der Waals surface area contributed by atoms with Gasteiger partial charge in [0.05, 0.1) is 18.5 Å². The van der Waals surface area contributed by atoms with Gasteiger partial charge in [-0.3, -0.25) is 13.9 Å². The molecule has 0 unspecified atom stereocenters. The summed E-state index contributed by atoms with van der Waals surface area (Å²) in [5.74, 6) is 0. The highest BCUT2D eigenvalue weighted by molar-refractivity contribution is 6.08. The van der Waals surface area contributed by atoms with E-state index in [1.54, 1.807) is 15.6 Å². The lowest BCUT2D eigenvalue weighted by Gasteiger charge is -2.30. The lowest BCUT2D eigenvalue weighted by molar-refractivity contribution is -0.00709. The fourth-order valence-corrected chi connectivity index (χ4v) is 5.25. The minimum Gasteiger partial charge on any atom is -0.452 e. The molecule has 1 aliphatic rings. The topological polar surface area (TPSA) is 92.9 Å². The van der Waals surface area contributed by atoms with Crippen LogP contribution in [0.5, 0.6) is 0 Å². The molecule has 6 rings (SSSR count). The summed E-state index contributed by atoms with van der Waals surface area (Å²) in [6, 6.07) is 4.19. The summed E-state index contributed by atoms with van der Waals surface area (Å²) in [4.78, 5) is 18.2. The van der Waals surface area contributed by atoms with Crippen molar-refractivity contribution in [1.82, 2.24) is 29.1 Å². The molecule has 0 radical (unpaired) electrons. The summed E-state index contributed by atoms with van der Waals surface area (Å²) in [7, 11) is 3.75. The largest absolute Gasteiger partial charge is 0.452 e. The van der Waals surface area contributed by atoms with Crippen LogP contribution in [-0.2, 0) is 18.8 Å². The molecule has 2 atom stereocenters. The van der Waals surface area contributed by atoms with Crippen molar-refractivity contribution >= 4 is 22.1 Å². The van der Waals surface area contributed by atoms with Gasteiger partial charge >= 0.3 is 5.69 Å². The maximum absolute atomic E-state index is 13.6. The molecule has 1 fully saturated rings. The summed E-state index contributed by atoms with van der Waals surface area (Å²) in [5, 5.41) is 9.53. The Hall–Kier alpha value is -3.72. The second-order valence-corrected chi connectivity index (χ2v) is 9.45. The number of aryl methyl sites for hydroxylation is 3. The van der Waals surface area contributed by atoms with Crippen LogP contribution in [0.3, 0.4) is 0 Å². The number of benzene rings is 1. The molecular formula is C26H28N6O3. The molecule has 1 aliphatic heterocycles. The van der Waals surface area contributed by atoms with Gasteiger partial charge in [-0.25, -0.2) is 4.79 Å². The Morgan fingerprint density at radius 2 is 1.77 bits per heavy atom. The van der Waals surface area contributed by atoms with Crippen LogP contribution in [0.2, 0.25) is 0 Å². The second-order valence-electron chi connectivity index (χ2n) is 9.45. The van der Waals surface area contributed by atoms with Crippen molar-refractivity contribution < 1.29 is 9.15 Å². The van der Waals surface area contributed by atoms with E-state index >= 15 is 0 Å². The van der Waals surface area contributed by atoms with Gasteiger partial charge in [-0.2, -0.15) is 15.2 Å². The van der Waals surface area contributed by atoms with Crippen molar-refractivity contribution in [3.8, 4) is 22.4 Å². The number of hydrogen-bond acceptors (Lipinski definition) is 6. The fraction of sp³-hybridized carbons (Fsp3) is 0.385. The number of furan rings is 1. The molecule has 1 saturated heterocycles. The number of aromatic nitrogens is 6. The van der Waals surface area contributed by atoms with Crippen LogP contribution in [0.15, 0.2) is 46.1 Å². The van der Waals surface area contributed by atoms with Gasteiger partial charge in [-0.1, -0.05) is 6.92 Å². The van der Waals surface area contributed by atoms with Crippen LogP contribution in [0.25, 0.3) is 44.5 Å². The summed E-state index contributed by atoms with van der Waals surface area (Å²) in [5.41, 5.74) is 6.20. The first-order valence-electron chi connectivity index (χ1n) is 12.0. The first-order chi connectivity index (χ1) is 16.9. The zero-order chi connectivity index (χ0) is 24.3. The lowest BCUT2D eigenvalue weighted by atomic mass is 9.99. The smallest absolute Gasteiger partial charge is 0.349 e. The third-order valence-electron chi connectivity index (χ3n) is 7.00. The van der Waals surface area contributed by atoms with E-state index in [4.69, 9.17) is 9.15 Å². The number of hydrogen-bond donors (Lipinski definition) is 0. The van der Waals surface area contributed by atoms with Gasteiger partial charge in [0.1, 0.15) is 16.8 Å². The minimum absolute atomic E-state index is 0.0118. The molecule has 0 spiro atoms. The normalized spacial score (nSPS) is 18.6. The average Bonchev–Trinajstić information content (AvgIpc) is 3.57. The van der Waals surface area contributed by atoms with Gasteiger partial charge in [0.15, 0.2) is 5.58 Å². The molecule has 0 N–H and O–H groups in total. The Balaban J connectivity index is 1.68. The zero-order valence-electron chi connectivity index (χ0n) is 20.4. The molecule has 35 heavy (non-hydrogen) atoms. The third kappa shape index (κ3) is 3.58. The molecule has 9 nitrogen and oxygen atoms in total. The highest BCUT2D eigenvalue weighted by atomic mass is 16.5. The Bertz CT molecular complexity index is 1620. The molecule has 0 saturated carbocycles. The predicted molar refractivity (Wildman–Crippen MR) is 133 cm³/mol. The average molecular weight is 473 g/mol. The first kappa shape index (κ1) is 21.8. The zero-order valence-corrected chi connectivity index (χ0v) is 20.4. The maximum atomic E-state index is 13.6. The number of rotatable bonds is 4. The summed E-state index contributed by atoms with van der Waals surface area (Å²) in [6.07, 6.45) is 9.97. The fourth-order valence-electron chi connectivity index (χ4n) is 5.25. The third-order valence-corrected chi connectivity index (χ3v) is 7.00.